The van der Waals surface area contributed by atoms with Gasteiger partial charge in [0.25, 0.3) is 0 Å². The van der Waals surface area contributed by atoms with Gasteiger partial charge in [-0.2, -0.15) is 0 Å². The number of aliphatic imine (C=N–C) groups is 1. The molecule has 0 aliphatic carbocycles. The van der Waals surface area contributed by atoms with Crippen molar-refractivity contribution < 1.29 is 9.31 Å². The first-order chi connectivity index (χ1) is 9.14. The van der Waals surface area contributed by atoms with E-state index >= 15 is 0 Å². The minimum Gasteiger partial charge on any atom is -0.398 e. The molecule has 4 nitrogen and oxygen atoms in total. The third-order valence-electron chi connectivity index (χ3n) is 3.95. The molecule has 0 N–H and O–H groups in total. The van der Waals surface area contributed by atoms with Crippen molar-refractivity contribution in [2.45, 2.75) is 52.7 Å². The Kier molecular flexibility index (Phi) is 5.22. The lowest BCUT2D eigenvalue weighted by Crippen LogP contribution is -2.41. The maximum Gasteiger partial charge on any atom is 0.514 e. The highest BCUT2D eigenvalue weighted by atomic mass is 16.7. The van der Waals surface area contributed by atoms with Gasteiger partial charge in [0.15, 0.2) is 0 Å². The van der Waals surface area contributed by atoms with E-state index in [1.807, 2.05) is 78.9 Å². The SMILES string of the molecule is C\C=C(/N=C\C(=C\C)N(C)C)B1OC(C)(C)C(C)(C)O1. The fourth-order valence-electron chi connectivity index (χ4n) is 1.82. The molecule has 0 bridgehead atoms. The average Bonchev–Trinajstić information content (AvgIpc) is 2.53. The lowest BCUT2D eigenvalue weighted by atomic mass is 9.84. The van der Waals surface area contributed by atoms with Crippen LogP contribution in [0.2, 0.25) is 0 Å². The van der Waals surface area contributed by atoms with Crippen molar-refractivity contribution in [3.8, 4) is 0 Å². The average molecular weight is 278 g/mol. The molecule has 1 aliphatic rings. The summed E-state index contributed by atoms with van der Waals surface area (Å²) >= 11 is 0. The Morgan fingerprint density at radius 1 is 1.00 bits per heavy atom. The van der Waals surface area contributed by atoms with Crippen LogP contribution < -0.4 is 0 Å². The summed E-state index contributed by atoms with van der Waals surface area (Å²) in [4.78, 5) is 6.54. The van der Waals surface area contributed by atoms with Gasteiger partial charge in [-0.15, -0.1) is 0 Å². The Labute approximate surface area is 123 Å². The Balaban J connectivity index is 2.88. The van der Waals surface area contributed by atoms with Crippen LogP contribution in [0, 0.1) is 0 Å². The van der Waals surface area contributed by atoms with Gasteiger partial charge in [-0.3, -0.25) is 4.99 Å². The fourth-order valence-corrected chi connectivity index (χ4v) is 1.82. The highest BCUT2D eigenvalue weighted by molar-refractivity contribution is 6.54. The van der Waals surface area contributed by atoms with Gasteiger partial charge >= 0.3 is 7.12 Å². The monoisotopic (exact) mass is 278 g/mol. The molecule has 0 aromatic heterocycles. The molecule has 0 atom stereocenters. The zero-order valence-electron chi connectivity index (χ0n) is 14.0. The molecule has 0 spiro atoms. The number of allylic oxidation sites excluding steroid dienone is 3. The van der Waals surface area contributed by atoms with Gasteiger partial charge in [0.05, 0.1) is 22.5 Å². The van der Waals surface area contributed by atoms with Crippen LogP contribution in [0.5, 0.6) is 0 Å². The summed E-state index contributed by atoms with van der Waals surface area (Å²) < 4.78 is 12.0. The van der Waals surface area contributed by atoms with E-state index in [-0.39, 0.29) is 11.2 Å². The molecule has 1 fully saturated rings. The normalized spacial score (nSPS) is 22.7. The predicted molar refractivity (Wildman–Crippen MR) is 85.8 cm³/mol. The summed E-state index contributed by atoms with van der Waals surface area (Å²) in [6.07, 6.45) is 5.78. The van der Waals surface area contributed by atoms with Crippen LogP contribution >= 0.6 is 0 Å². The highest BCUT2D eigenvalue weighted by Gasteiger charge is 2.52. The smallest absolute Gasteiger partial charge is 0.398 e. The summed E-state index contributed by atoms with van der Waals surface area (Å²) in [5.74, 6) is 0. The molecule has 0 unspecified atom stereocenters. The molecule has 1 rings (SSSR count). The van der Waals surface area contributed by atoms with Crippen LogP contribution in [-0.4, -0.2) is 43.5 Å². The molecule has 0 amide bonds. The van der Waals surface area contributed by atoms with Gasteiger partial charge in [-0.1, -0.05) is 12.2 Å². The first kappa shape index (κ1) is 17.0. The maximum atomic E-state index is 6.01. The molecule has 1 aliphatic heterocycles. The van der Waals surface area contributed by atoms with Crippen LogP contribution in [0.25, 0.3) is 0 Å². The quantitative estimate of drug-likeness (QED) is 0.585. The predicted octanol–water partition coefficient (Wildman–Crippen LogP) is 3.06. The van der Waals surface area contributed by atoms with Crippen molar-refractivity contribution in [2.75, 3.05) is 14.1 Å². The second-order valence-corrected chi connectivity index (χ2v) is 6.17. The van der Waals surface area contributed by atoms with E-state index in [1.165, 1.54) is 0 Å². The lowest BCUT2D eigenvalue weighted by Gasteiger charge is -2.32. The molecule has 0 radical (unpaired) electrons. The summed E-state index contributed by atoms with van der Waals surface area (Å²) in [6.45, 7) is 12.1. The third kappa shape index (κ3) is 3.52. The number of nitrogens with zero attached hydrogens (tertiary/aromatic N) is 2. The molecular weight excluding hydrogens is 251 g/mol. The second kappa shape index (κ2) is 6.14. The molecule has 0 aromatic rings. The Bertz CT molecular complexity index is 421. The fraction of sp³-hybridized carbons (Fsp3) is 0.667. The van der Waals surface area contributed by atoms with Gasteiger partial charge in [-0.25, -0.2) is 0 Å². The first-order valence-electron chi connectivity index (χ1n) is 7.04. The van der Waals surface area contributed by atoms with Crippen molar-refractivity contribution in [2.24, 2.45) is 4.99 Å². The van der Waals surface area contributed by atoms with E-state index in [2.05, 4.69) is 4.99 Å². The minimum atomic E-state index is -0.415. The van der Waals surface area contributed by atoms with Crippen LogP contribution in [0.15, 0.2) is 28.4 Å². The summed E-state index contributed by atoms with van der Waals surface area (Å²) in [6, 6.07) is 0. The summed E-state index contributed by atoms with van der Waals surface area (Å²) in [5, 5.41) is 0. The van der Waals surface area contributed by atoms with Crippen molar-refractivity contribution in [1.82, 2.24) is 4.90 Å². The highest BCUT2D eigenvalue weighted by Crippen LogP contribution is 2.38. The zero-order chi connectivity index (χ0) is 15.6. The third-order valence-corrected chi connectivity index (χ3v) is 3.95. The minimum absolute atomic E-state index is 0.341. The van der Waals surface area contributed by atoms with Gasteiger partial charge in [0.2, 0.25) is 0 Å². The van der Waals surface area contributed by atoms with E-state index in [0.29, 0.717) is 0 Å². The molecule has 1 heterocycles. The number of hydrogen-bond donors (Lipinski definition) is 0. The molecule has 112 valence electrons. The Morgan fingerprint density at radius 3 is 1.85 bits per heavy atom. The van der Waals surface area contributed by atoms with Crippen LogP contribution in [-0.2, 0) is 9.31 Å². The van der Waals surface area contributed by atoms with Gasteiger partial charge in [-0.05, 0) is 41.5 Å². The Morgan fingerprint density at radius 2 is 1.50 bits per heavy atom. The van der Waals surface area contributed by atoms with Gasteiger partial charge < -0.3 is 14.2 Å². The van der Waals surface area contributed by atoms with Crippen LogP contribution in [0.3, 0.4) is 0 Å². The Hall–Kier alpha value is -1.07. The maximum absolute atomic E-state index is 6.01. The van der Waals surface area contributed by atoms with E-state index in [4.69, 9.17) is 9.31 Å². The molecule has 20 heavy (non-hydrogen) atoms. The van der Waals surface area contributed by atoms with E-state index in [1.54, 1.807) is 0 Å². The van der Waals surface area contributed by atoms with Crippen molar-refractivity contribution >= 4 is 13.3 Å². The molecule has 5 heteroatoms. The standard InChI is InChI=1S/C15H27BN2O2/c1-9-12(18(7)8)11-17-13(10-2)16-19-14(3,4)15(5,6)20-16/h9-11H,1-8H3/b12-9-,13-10-,17-11-. The largest absolute Gasteiger partial charge is 0.514 e. The topological polar surface area (TPSA) is 34.1 Å². The van der Waals surface area contributed by atoms with Crippen LogP contribution in [0.4, 0.5) is 0 Å². The second-order valence-electron chi connectivity index (χ2n) is 6.17. The summed E-state index contributed by atoms with van der Waals surface area (Å²) in [5.41, 5.74) is 1.16. The van der Waals surface area contributed by atoms with E-state index in [9.17, 15) is 0 Å². The number of hydrogen-bond acceptors (Lipinski definition) is 4. The van der Waals surface area contributed by atoms with E-state index < -0.39 is 7.12 Å². The lowest BCUT2D eigenvalue weighted by molar-refractivity contribution is 0.00578. The summed E-state index contributed by atoms with van der Waals surface area (Å²) in [7, 11) is 3.57. The molecule has 0 aromatic carbocycles. The van der Waals surface area contributed by atoms with Crippen molar-refractivity contribution in [3.63, 3.8) is 0 Å². The molecule has 0 saturated carbocycles. The van der Waals surface area contributed by atoms with Gasteiger partial charge in [0.1, 0.15) is 0 Å². The number of rotatable bonds is 4. The van der Waals surface area contributed by atoms with Crippen LogP contribution in [0.1, 0.15) is 41.5 Å². The van der Waals surface area contributed by atoms with Gasteiger partial charge in [0, 0.05) is 20.3 Å². The van der Waals surface area contributed by atoms with Crippen molar-refractivity contribution in [1.29, 1.82) is 0 Å². The van der Waals surface area contributed by atoms with Crippen molar-refractivity contribution in [3.05, 3.63) is 23.4 Å². The molecular formula is C15H27BN2O2. The molecule has 1 saturated heterocycles. The zero-order valence-corrected chi connectivity index (χ0v) is 14.0. The first-order valence-corrected chi connectivity index (χ1v) is 7.04. The van der Waals surface area contributed by atoms with E-state index in [0.717, 1.165) is 11.3 Å².